The minimum atomic E-state index is -0.568. The normalized spacial score (nSPS) is 13.7. The van der Waals surface area contributed by atoms with Crippen molar-refractivity contribution in [3.8, 4) is 0 Å². The summed E-state index contributed by atoms with van der Waals surface area (Å²) in [5.74, 6) is -0.568. The summed E-state index contributed by atoms with van der Waals surface area (Å²) in [5, 5.41) is 13.9. The largest absolute Gasteiger partial charge is 0.461 e. The highest BCUT2D eigenvalue weighted by molar-refractivity contribution is 7.13. The Morgan fingerprint density at radius 2 is 2.04 bits per heavy atom. The molecule has 8 nitrogen and oxygen atoms in total. The van der Waals surface area contributed by atoms with Crippen LogP contribution < -0.4 is 4.90 Å². The van der Waals surface area contributed by atoms with Crippen LogP contribution in [0.2, 0.25) is 0 Å². The fourth-order valence-corrected chi connectivity index (χ4v) is 3.75. The molecule has 1 fully saturated rings. The van der Waals surface area contributed by atoms with Crippen molar-refractivity contribution >= 4 is 28.1 Å². The molecule has 0 aromatic carbocycles. The molecule has 27 heavy (non-hydrogen) atoms. The summed E-state index contributed by atoms with van der Waals surface area (Å²) in [7, 11) is 0. The maximum absolute atomic E-state index is 12.1. The minimum Gasteiger partial charge on any atom is -0.461 e. The van der Waals surface area contributed by atoms with Crippen LogP contribution in [0.1, 0.15) is 56.2 Å². The van der Waals surface area contributed by atoms with E-state index in [1.54, 1.807) is 18.3 Å². The number of esters is 1. The molecule has 148 valence electrons. The van der Waals surface area contributed by atoms with Gasteiger partial charge in [-0.2, -0.15) is 0 Å². The molecule has 9 heteroatoms. The lowest BCUT2D eigenvalue weighted by Gasteiger charge is -2.25. The van der Waals surface area contributed by atoms with Crippen molar-refractivity contribution in [2.75, 3.05) is 24.6 Å². The van der Waals surface area contributed by atoms with Crippen molar-refractivity contribution in [2.45, 2.75) is 46.6 Å². The van der Waals surface area contributed by atoms with E-state index in [2.05, 4.69) is 9.88 Å². The first kappa shape index (κ1) is 20.9. The van der Waals surface area contributed by atoms with Crippen LogP contribution in [0.5, 0.6) is 0 Å². The highest BCUT2D eigenvalue weighted by atomic mass is 32.1. The number of carbonyl (C=O) groups is 1. The highest BCUT2D eigenvalue weighted by Gasteiger charge is 2.21. The number of aromatic nitrogens is 2. The predicted octanol–water partition coefficient (Wildman–Crippen LogP) is 4.09. The lowest BCUT2D eigenvalue weighted by atomic mass is 10.1. The van der Waals surface area contributed by atoms with Crippen LogP contribution in [-0.4, -0.2) is 40.1 Å². The maximum atomic E-state index is 12.1. The van der Waals surface area contributed by atoms with E-state index < -0.39 is 10.9 Å². The van der Waals surface area contributed by atoms with Gasteiger partial charge < -0.3 is 14.2 Å². The smallest absolute Gasteiger partial charge is 0.355 e. The fraction of sp³-hybridized carbons (Fsp3) is 0.556. The van der Waals surface area contributed by atoms with Crippen LogP contribution in [0, 0.1) is 10.1 Å². The molecule has 2 aromatic heterocycles. The van der Waals surface area contributed by atoms with Gasteiger partial charge in [-0.1, -0.05) is 13.8 Å². The van der Waals surface area contributed by atoms with Gasteiger partial charge in [0, 0.05) is 24.5 Å². The number of nitro groups is 1. The van der Waals surface area contributed by atoms with E-state index in [0.29, 0.717) is 6.54 Å². The highest BCUT2D eigenvalue weighted by Crippen LogP contribution is 2.25. The Hall–Kier alpha value is -2.42. The number of anilines is 1. The van der Waals surface area contributed by atoms with Gasteiger partial charge in [0.1, 0.15) is 5.69 Å². The Labute approximate surface area is 162 Å². The van der Waals surface area contributed by atoms with E-state index in [-0.39, 0.29) is 18.0 Å². The number of ether oxygens (including phenoxy) is 1. The molecule has 0 radical (unpaired) electrons. The molecule has 2 aromatic rings. The third-order valence-electron chi connectivity index (χ3n) is 4.08. The Bertz CT molecular complexity index is 765. The van der Waals surface area contributed by atoms with Crippen LogP contribution in [-0.2, 0) is 11.3 Å². The Morgan fingerprint density at radius 1 is 1.33 bits per heavy atom. The monoisotopic (exact) mass is 394 g/mol. The average Bonchev–Trinajstić information content (AvgIpc) is 3.32. The lowest BCUT2D eigenvalue weighted by molar-refractivity contribution is -0.384. The molecule has 1 saturated heterocycles. The molecule has 0 saturated carbocycles. The SMILES string of the molecule is CC.CCOC(=O)c1cc([N+](=O)[O-])cn1Cc1csc(N2CCCCC2)n1. The van der Waals surface area contributed by atoms with E-state index in [9.17, 15) is 14.9 Å². The number of nitrogens with zero attached hydrogens (tertiary/aromatic N) is 4. The maximum Gasteiger partial charge on any atom is 0.355 e. The number of thiazole rings is 1. The third-order valence-corrected chi connectivity index (χ3v) is 5.03. The zero-order valence-corrected chi connectivity index (χ0v) is 16.8. The van der Waals surface area contributed by atoms with Gasteiger partial charge in [0.25, 0.3) is 5.69 Å². The quantitative estimate of drug-likeness (QED) is 0.416. The fourth-order valence-electron chi connectivity index (χ4n) is 2.88. The van der Waals surface area contributed by atoms with Gasteiger partial charge in [-0.15, -0.1) is 11.3 Å². The summed E-state index contributed by atoms with van der Waals surface area (Å²) < 4.78 is 6.52. The first-order chi connectivity index (χ1) is 13.1. The van der Waals surface area contributed by atoms with Crippen LogP contribution >= 0.6 is 11.3 Å². The number of hydrogen-bond donors (Lipinski definition) is 0. The Morgan fingerprint density at radius 3 is 2.67 bits per heavy atom. The van der Waals surface area contributed by atoms with E-state index in [1.807, 2.05) is 19.2 Å². The molecule has 3 heterocycles. The van der Waals surface area contributed by atoms with Gasteiger partial charge in [-0.05, 0) is 26.2 Å². The standard InChI is InChI=1S/C16H20N4O4S.C2H6/c1-2-24-15(21)14-8-13(20(22)23)10-19(14)9-12-11-25-16(17-12)18-6-4-3-5-7-18;1-2/h8,10-11H,2-7,9H2,1H3;1-2H3. The molecule has 0 aliphatic carbocycles. The van der Waals surface area contributed by atoms with Crippen molar-refractivity contribution in [3.63, 3.8) is 0 Å². The van der Waals surface area contributed by atoms with E-state index in [1.165, 1.54) is 36.1 Å². The molecule has 0 spiro atoms. The Balaban J connectivity index is 0.00000126. The molecule has 0 N–H and O–H groups in total. The van der Waals surface area contributed by atoms with Crippen LogP contribution in [0.4, 0.5) is 10.8 Å². The summed E-state index contributed by atoms with van der Waals surface area (Å²) in [6, 6.07) is 1.25. The molecule has 1 aliphatic heterocycles. The summed E-state index contributed by atoms with van der Waals surface area (Å²) in [6.45, 7) is 8.23. The minimum absolute atomic E-state index is 0.130. The van der Waals surface area contributed by atoms with Crippen LogP contribution in [0.25, 0.3) is 0 Å². The van der Waals surface area contributed by atoms with Gasteiger partial charge >= 0.3 is 5.97 Å². The average molecular weight is 394 g/mol. The van der Waals surface area contributed by atoms with Crippen molar-refractivity contribution in [2.24, 2.45) is 0 Å². The van der Waals surface area contributed by atoms with Gasteiger partial charge in [0.2, 0.25) is 0 Å². The van der Waals surface area contributed by atoms with Crippen LogP contribution in [0.15, 0.2) is 17.6 Å². The van der Waals surface area contributed by atoms with Crippen LogP contribution in [0.3, 0.4) is 0 Å². The van der Waals surface area contributed by atoms with Crippen molar-refractivity contribution < 1.29 is 14.5 Å². The summed E-state index contributed by atoms with van der Waals surface area (Å²) in [4.78, 5) is 29.5. The van der Waals surface area contributed by atoms with Crippen molar-refractivity contribution in [1.82, 2.24) is 9.55 Å². The van der Waals surface area contributed by atoms with Crippen molar-refractivity contribution in [3.05, 3.63) is 39.1 Å². The van der Waals surface area contributed by atoms with Crippen molar-refractivity contribution in [1.29, 1.82) is 0 Å². The number of piperidine rings is 1. The van der Waals surface area contributed by atoms with Gasteiger partial charge in [-0.25, -0.2) is 9.78 Å². The van der Waals surface area contributed by atoms with E-state index in [0.717, 1.165) is 23.9 Å². The first-order valence-corrected chi connectivity index (χ1v) is 10.2. The third kappa shape index (κ3) is 5.29. The summed E-state index contributed by atoms with van der Waals surface area (Å²) in [6.07, 6.45) is 4.95. The molecule has 1 aliphatic rings. The number of carbonyl (C=O) groups excluding carboxylic acids is 1. The second kappa shape index (κ2) is 10.1. The molecular formula is C18H26N4O4S. The van der Waals surface area contributed by atoms with E-state index >= 15 is 0 Å². The Kier molecular flexibility index (Phi) is 7.78. The molecule has 3 rings (SSSR count). The number of hydrogen-bond acceptors (Lipinski definition) is 7. The second-order valence-corrected chi connectivity index (χ2v) is 6.69. The van der Waals surface area contributed by atoms with E-state index in [4.69, 9.17) is 4.74 Å². The van der Waals surface area contributed by atoms with Gasteiger partial charge in [0.15, 0.2) is 5.13 Å². The molecule has 0 amide bonds. The number of rotatable bonds is 6. The van der Waals surface area contributed by atoms with Gasteiger partial charge in [-0.3, -0.25) is 10.1 Å². The predicted molar refractivity (Wildman–Crippen MR) is 106 cm³/mol. The zero-order chi connectivity index (χ0) is 19.8. The molecule has 0 unspecified atom stereocenters. The second-order valence-electron chi connectivity index (χ2n) is 5.86. The summed E-state index contributed by atoms with van der Waals surface area (Å²) >= 11 is 1.56. The first-order valence-electron chi connectivity index (χ1n) is 9.29. The summed E-state index contributed by atoms with van der Waals surface area (Å²) in [5.41, 5.74) is 0.817. The topological polar surface area (TPSA) is 90.5 Å². The molecular weight excluding hydrogens is 368 g/mol. The molecule has 0 atom stereocenters. The zero-order valence-electron chi connectivity index (χ0n) is 16.0. The molecule has 0 bridgehead atoms. The van der Waals surface area contributed by atoms with Gasteiger partial charge in [0.05, 0.1) is 30.0 Å². The lowest BCUT2D eigenvalue weighted by Crippen LogP contribution is -2.29.